The van der Waals surface area contributed by atoms with Gasteiger partial charge in [-0.15, -0.1) is 11.3 Å². The second kappa shape index (κ2) is 8.41. The number of rotatable bonds is 6. The van der Waals surface area contributed by atoms with Crippen LogP contribution < -0.4 is 5.32 Å². The molecule has 138 valence electrons. The van der Waals surface area contributed by atoms with E-state index < -0.39 is 24.5 Å². The zero-order valence-corrected chi connectivity index (χ0v) is 15.2. The Morgan fingerprint density at radius 2 is 1.70 bits per heavy atom. The first-order chi connectivity index (χ1) is 13.1. The predicted molar refractivity (Wildman–Crippen MR) is 101 cm³/mol. The minimum atomic E-state index is -0.585. The molecule has 0 saturated carbocycles. The molecule has 0 saturated heterocycles. The van der Waals surface area contributed by atoms with Crippen LogP contribution in [-0.4, -0.2) is 36.0 Å². The van der Waals surface area contributed by atoms with Crippen molar-refractivity contribution < 1.29 is 23.9 Å². The molecule has 1 aromatic heterocycles. The van der Waals surface area contributed by atoms with Crippen molar-refractivity contribution in [3.63, 3.8) is 0 Å². The summed E-state index contributed by atoms with van der Waals surface area (Å²) in [7, 11) is 0. The molecule has 0 spiro atoms. The Labute approximate surface area is 158 Å². The monoisotopic (exact) mass is 384 g/mol. The van der Waals surface area contributed by atoms with Crippen LogP contribution in [0, 0.1) is 0 Å². The highest BCUT2D eigenvalue weighted by Crippen LogP contribution is 2.19. The summed E-state index contributed by atoms with van der Waals surface area (Å²) in [6.07, 6.45) is 0. The van der Waals surface area contributed by atoms with Gasteiger partial charge in [-0.3, -0.25) is 4.79 Å². The number of hydrogen-bond acceptors (Lipinski definition) is 7. The summed E-state index contributed by atoms with van der Waals surface area (Å²) in [5, 5.41) is 2.60. The van der Waals surface area contributed by atoms with E-state index in [4.69, 9.17) is 9.47 Å². The minimum Gasteiger partial charge on any atom is -0.462 e. The number of thiazole rings is 1. The molecule has 3 aromatic rings. The Hall–Kier alpha value is -3.26. The average Bonchev–Trinajstić information content (AvgIpc) is 3.14. The van der Waals surface area contributed by atoms with Gasteiger partial charge in [-0.2, -0.15) is 0 Å². The van der Waals surface area contributed by atoms with Crippen LogP contribution in [-0.2, 0) is 14.3 Å². The number of carbonyl (C=O) groups is 3. The van der Waals surface area contributed by atoms with E-state index in [1.165, 1.54) is 11.3 Å². The Kier molecular flexibility index (Phi) is 5.77. The van der Waals surface area contributed by atoms with Crippen LogP contribution in [0.25, 0.3) is 10.2 Å². The maximum atomic E-state index is 12.1. The highest BCUT2D eigenvalue weighted by molar-refractivity contribution is 7.16. The number of aromatic nitrogens is 1. The highest BCUT2D eigenvalue weighted by Gasteiger charge is 2.12. The minimum absolute atomic E-state index is 0.290. The zero-order chi connectivity index (χ0) is 19.2. The van der Waals surface area contributed by atoms with E-state index in [1.807, 2.05) is 0 Å². The lowest BCUT2D eigenvalue weighted by atomic mass is 10.2. The molecule has 27 heavy (non-hydrogen) atoms. The summed E-state index contributed by atoms with van der Waals surface area (Å²) in [4.78, 5) is 39.8. The molecule has 0 unspecified atom stereocenters. The van der Waals surface area contributed by atoms with Gasteiger partial charge < -0.3 is 14.8 Å². The number of nitrogens with one attached hydrogen (secondary N) is 1. The fraction of sp³-hybridized carbons (Fsp3) is 0.158. The Bertz CT molecular complexity index is 981. The number of carbonyl (C=O) groups excluding carboxylic acids is 3. The third kappa shape index (κ3) is 4.68. The van der Waals surface area contributed by atoms with Crippen molar-refractivity contribution in [1.29, 1.82) is 0 Å². The summed E-state index contributed by atoms with van der Waals surface area (Å²) >= 11 is 1.42. The summed E-state index contributed by atoms with van der Waals surface area (Å²) in [5.41, 5.74) is 3.73. The first-order valence-electron chi connectivity index (χ1n) is 8.14. The van der Waals surface area contributed by atoms with Gasteiger partial charge in [-0.1, -0.05) is 0 Å². The normalized spacial score (nSPS) is 10.4. The lowest BCUT2D eigenvalue weighted by Gasteiger charge is -2.07. The van der Waals surface area contributed by atoms with Crippen LogP contribution >= 0.6 is 11.3 Å². The third-order valence-electron chi connectivity index (χ3n) is 3.58. The van der Waals surface area contributed by atoms with Gasteiger partial charge in [0, 0.05) is 5.69 Å². The SMILES string of the molecule is CCOC(=O)c1ccc(NC(=O)COC(=O)c2ccc3ncsc3c2)cc1. The van der Waals surface area contributed by atoms with Gasteiger partial charge in [0.1, 0.15) is 0 Å². The highest BCUT2D eigenvalue weighted by atomic mass is 32.1. The Morgan fingerprint density at radius 3 is 2.44 bits per heavy atom. The van der Waals surface area contributed by atoms with Crippen LogP contribution in [0.15, 0.2) is 48.0 Å². The van der Waals surface area contributed by atoms with Crippen LogP contribution in [0.3, 0.4) is 0 Å². The number of hydrogen-bond donors (Lipinski definition) is 1. The van der Waals surface area contributed by atoms with Gasteiger partial charge >= 0.3 is 11.9 Å². The molecule has 0 aliphatic heterocycles. The number of amides is 1. The maximum Gasteiger partial charge on any atom is 0.338 e. The summed E-state index contributed by atoms with van der Waals surface area (Å²) in [6.45, 7) is 1.60. The summed E-state index contributed by atoms with van der Waals surface area (Å²) in [5.74, 6) is -1.49. The second-order valence-electron chi connectivity index (χ2n) is 5.46. The zero-order valence-electron chi connectivity index (χ0n) is 14.4. The van der Waals surface area contributed by atoms with Crippen molar-refractivity contribution in [2.45, 2.75) is 6.92 Å². The molecule has 0 radical (unpaired) electrons. The van der Waals surface area contributed by atoms with Crippen LogP contribution in [0.4, 0.5) is 5.69 Å². The molecule has 0 aliphatic carbocycles. The predicted octanol–water partition coefficient (Wildman–Crippen LogP) is 3.27. The van der Waals surface area contributed by atoms with Gasteiger partial charge in [0.05, 0.1) is 33.5 Å². The molecule has 0 aliphatic rings. The van der Waals surface area contributed by atoms with Gasteiger partial charge in [-0.05, 0) is 49.4 Å². The average molecular weight is 384 g/mol. The van der Waals surface area contributed by atoms with Crippen molar-refractivity contribution in [3.8, 4) is 0 Å². The maximum absolute atomic E-state index is 12.1. The summed E-state index contributed by atoms with van der Waals surface area (Å²) in [6, 6.07) is 11.3. The van der Waals surface area contributed by atoms with Gasteiger partial charge in [0.15, 0.2) is 6.61 Å². The Morgan fingerprint density at radius 1 is 1.00 bits per heavy atom. The molecule has 7 nitrogen and oxygen atoms in total. The molecule has 2 aromatic carbocycles. The Balaban J connectivity index is 1.53. The molecule has 1 N–H and O–H groups in total. The number of anilines is 1. The first kappa shape index (κ1) is 18.5. The smallest absolute Gasteiger partial charge is 0.338 e. The number of ether oxygens (including phenoxy) is 2. The second-order valence-corrected chi connectivity index (χ2v) is 6.34. The van der Waals surface area contributed by atoms with E-state index in [0.717, 1.165) is 10.2 Å². The fourth-order valence-corrected chi connectivity index (χ4v) is 3.01. The quantitative estimate of drug-likeness (QED) is 0.656. The van der Waals surface area contributed by atoms with Gasteiger partial charge in [0.25, 0.3) is 5.91 Å². The van der Waals surface area contributed by atoms with Gasteiger partial charge in [-0.25, -0.2) is 14.6 Å². The largest absolute Gasteiger partial charge is 0.462 e. The van der Waals surface area contributed by atoms with Crippen molar-refractivity contribution in [2.75, 3.05) is 18.5 Å². The molecule has 1 heterocycles. The molecular weight excluding hydrogens is 368 g/mol. The standard InChI is InChI=1S/C19H16N2O5S/c1-2-25-18(23)12-3-6-14(7-4-12)21-17(22)10-26-19(24)13-5-8-15-16(9-13)27-11-20-15/h3-9,11H,2,10H2,1H3,(H,21,22). The van der Waals surface area contributed by atoms with E-state index in [-0.39, 0.29) is 0 Å². The number of esters is 2. The molecule has 3 rings (SSSR count). The fourth-order valence-electron chi connectivity index (χ4n) is 2.30. The number of fused-ring (bicyclic) bond motifs is 1. The van der Waals surface area contributed by atoms with Crippen molar-refractivity contribution in [3.05, 3.63) is 59.1 Å². The molecule has 0 fully saturated rings. The van der Waals surface area contributed by atoms with Crippen molar-refractivity contribution in [1.82, 2.24) is 4.98 Å². The lowest BCUT2D eigenvalue weighted by molar-refractivity contribution is -0.119. The van der Waals surface area contributed by atoms with E-state index in [2.05, 4.69) is 10.3 Å². The molecule has 0 bridgehead atoms. The van der Waals surface area contributed by atoms with Crippen molar-refractivity contribution >= 4 is 45.1 Å². The lowest BCUT2D eigenvalue weighted by Crippen LogP contribution is -2.21. The molecule has 1 amide bonds. The third-order valence-corrected chi connectivity index (χ3v) is 4.37. The van der Waals surface area contributed by atoms with E-state index in [0.29, 0.717) is 23.4 Å². The molecule has 8 heteroatoms. The number of benzene rings is 2. The summed E-state index contributed by atoms with van der Waals surface area (Å²) < 4.78 is 10.8. The molecule has 0 atom stereocenters. The van der Waals surface area contributed by atoms with E-state index in [9.17, 15) is 14.4 Å². The van der Waals surface area contributed by atoms with Gasteiger partial charge in [0.2, 0.25) is 0 Å². The topological polar surface area (TPSA) is 94.6 Å². The van der Waals surface area contributed by atoms with E-state index >= 15 is 0 Å². The van der Waals surface area contributed by atoms with Crippen LogP contribution in [0.5, 0.6) is 0 Å². The number of nitrogens with zero attached hydrogens (tertiary/aromatic N) is 1. The molecular formula is C19H16N2O5S. The van der Waals surface area contributed by atoms with Crippen LogP contribution in [0.1, 0.15) is 27.6 Å². The van der Waals surface area contributed by atoms with Crippen molar-refractivity contribution in [2.24, 2.45) is 0 Å². The van der Waals surface area contributed by atoms with Crippen LogP contribution in [0.2, 0.25) is 0 Å². The van der Waals surface area contributed by atoms with E-state index in [1.54, 1.807) is 54.9 Å². The first-order valence-corrected chi connectivity index (χ1v) is 9.02.